The summed E-state index contributed by atoms with van der Waals surface area (Å²) in [4.78, 5) is 20.7. The Morgan fingerprint density at radius 1 is 1.29 bits per heavy atom. The summed E-state index contributed by atoms with van der Waals surface area (Å²) in [5, 5.41) is 19.1. The highest BCUT2D eigenvalue weighted by Gasteiger charge is 2.22. The molecule has 0 unspecified atom stereocenters. The van der Waals surface area contributed by atoms with Crippen LogP contribution in [0.25, 0.3) is 0 Å². The van der Waals surface area contributed by atoms with E-state index in [0.29, 0.717) is 17.1 Å². The van der Waals surface area contributed by atoms with Gasteiger partial charge in [0.05, 0.1) is 18.8 Å². The summed E-state index contributed by atoms with van der Waals surface area (Å²) < 4.78 is 0. The van der Waals surface area contributed by atoms with E-state index >= 15 is 0 Å². The Morgan fingerprint density at radius 3 is 2.38 bits per heavy atom. The average molecular weight is 313 g/mol. The predicted octanol–water partition coefficient (Wildman–Crippen LogP) is 1.07. The highest BCUT2D eigenvalue weighted by Crippen LogP contribution is 2.26. The number of aromatic nitrogens is 1. The second-order valence-corrected chi connectivity index (χ2v) is 6.71. The van der Waals surface area contributed by atoms with Crippen LogP contribution in [0.4, 0.5) is 0 Å². The van der Waals surface area contributed by atoms with Crippen molar-refractivity contribution in [2.45, 2.75) is 26.3 Å². The quantitative estimate of drug-likeness (QED) is 0.818. The van der Waals surface area contributed by atoms with Crippen molar-refractivity contribution in [1.82, 2.24) is 14.8 Å². The molecule has 7 heteroatoms. The number of carboxylic acids is 1. The van der Waals surface area contributed by atoms with Crippen LogP contribution in [0.3, 0.4) is 0 Å². The van der Waals surface area contributed by atoms with Crippen LogP contribution < -0.4 is 0 Å². The summed E-state index contributed by atoms with van der Waals surface area (Å²) in [7, 11) is 0. The van der Waals surface area contributed by atoms with E-state index in [1.807, 2.05) is 13.8 Å². The van der Waals surface area contributed by atoms with E-state index in [-0.39, 0.29) is 12.5 Å². The van der Waals surface area contributed by atoms with Crippen molar-refractivity contribution in [2.75, 3.05) is 39.3 Å². The normalized spacial score (nSPS) is 17.5. The van der Waals surface area contributed by atoms with E-state index in [0.717, 1.165) is 37.7 Å². The Kier molecular flexibility index (Phi) is 5.69. The van der Waals surface area contributed by atoms with Crippen molar-refractivity contribution in [3.05, 3.63) is 15.6 Å². The minimum atomic E-state index is -0.879. The van der Waals surface area contributed by atoms with Gasteiger partial charge in [0.1, 0.15) is 9.88 Å². The van der Waals surface area contributed by atoms with Gasteiger partial charge in [-0.2, -0.15) is 0 Å². The van der Waals surface area contributed by atoms with E-state index in [1.165, 1.54) is 11.3 Å². The molecule has 0 radical (unpaired) electrons. The zero-order valence-corrected chi connectivity index (χ0v) is 13.4. The molecule has 0 saturated carbocycles. The lowest BCUT2D eigenvalue weighted by molar-refractivity contribution is 0.0700. The van der Waals surface area contributed by atoms with Gasteiger partial charge in [0.25, 0.3) is 0 Å². The summed E-state index contributed by atoms with van der Waals surface area (Å²) in [5.41, 5.74) is 0.696. The highest BCUT2D eigenvalue weighted by atomic mass is 32.1. The SMILES string of the molecule is CC(C)c1nc(CN2CCN(CCO)CC2)sc1C(=O)O. The molecule has 0 bridgehead atoms. The molecule has 2 heterocycles. The summed E-state index contributed by atoms with van der Waals surface area (Å²) in [6.45, 7) is 9.32. The molecule has 2 rings (SSSR count). The lowest BCUT2D eigenvalue weighted by Gasteiger charge is -2.33. The molecule has 118 valence electrons. The summed E-state index contributed by atoms with van der Waals surface area (Å²) in [6, 6.07) is 0. The first kappa shape index (κ1) is 16.4. The largest absolute Gasteiger partial charge is 0.477 e. The third-order valence-corrected chi connectivity index (χ3v) is 4.72. The number of hydrogen-bond acceptors (Lipinski definition) is 6. The lowest BCUT2D eigenvalue weighted by Crippen LogP contribution is -2.46. The molecule has 0 atom stereocenters. The van der Waals surface area contributed by atoms with Crippen LogP contribution in [-0.2, 0) is 6.54 Å². The molecule has 2 N–H and O–H groups in total. The monoisotopic (exact) mass is 313 g/mol. The third kappa shape index (κ3) is 4.23. The molecule has 1 aliphatic heterocycles. The third-order valence-electron chi connectivity index (χ3n) is 3.68. The van der Waals surface area contributed by atoms with Gasteiger partial charge in [0, 0.05) is 32.7 Å². The maximum atomic E-state index is 11.3. The van der Waals surface area contributed by atoms with Crippen LogP contribution >= 0.6 is 11.3 Å². The minimum Gasteiger partial charge on any atom is -0.477 e. The van der Waals surface area contributed by atoms with Crippen LogP contribution in [-0.4, -0.2) is 70.3 Å². The number of thiazole rings is 1. The van der Waals surface area contributed by atoms with E-state index in [1.54, 1.807) is 0 Å². The first-order valence-electron chi connectivity index (χ1n) is 7.29. The molecular formula is C14H23N3O3S. The number of carboxylic acid groups (broad SMARTS) is 1. The number of β-amino-alcohol motifs (C(OH)–C–C–N with tert-alkyl or cyclic N) is 1. The Labute approximate surface area is 129 Å². The molecule has 0 spiro atoms. The van der Waals surface area contributed by atoms with Gasteiger partial charge in [-0.15, -0.1) is 11.3 Å². The van der Waals surface area contributed by atoms with Crippen LogP contribution in [0.1, 0.15) is 40.1 Å². The fourth-order valence-electron chi connectivity index (χ4n) is 2.49. The maximum Gasteiger partial charge on any atom is 0.347 e. The number of nitrogens with zero attached hydrogens (tertiary/aromatic N) is 3. The number of aromatic carboxylic acids is 1. The van der Waals surface area contributed by atoms with Crippen LogP contribution in [0.5, 0.6) is 0 Å². The zero-order chi connectivity index (χ0) is 15.4. The van der Waals surface area contributed by atoms with E-state index in [4.69, 9.17) is 5.11 Å². The van der Waals surface area contributed by atoms with E-state index < -0.39 is 5.97 Å². The molecule has 1 aliphatic rings. The number of aliphatic hydroxyl groups is 1. The maximum absolute atomic E-state index is 11.3. The number of rotatable bonds is 6. The van der Waals surface area contributed by atoms with Crippen LogP contribution in [0.2, 0.25) is 0 Å². The Morgan fingerprint density at radius 2 is 1.90 bits per heavy atom. The van der Waals surface area contributed by atoms with Crippen molar-refractivity contribution >= 4 is 17.3 Å². The smallest absolute Gasteiger partial charge is 0.347 e. The average Bonchev–Trinajstić information content (AvgIpc) is 2.86. The van der Waals surface area contributed by atoms with Crippen molar-refractivity contribution < 1.29 is 15.0 Å². The minimum absolute atomic E-state index is 0.127. The van der Waals surface area contributed by atoms with Gasteiger partial charge in [-0.1, -0.05) is 13.8 Å². The highest BCUT2D eigenvalue weighted by molar-refractivity contribution is 7.13. The fourth-order valence-corrected chi connectivity index (χ4v) is 3.59. The Bertz CT molecular complexity index is 482. The van der Waals surface area contributed by atoms with Crippen molar-refractivity contribution in [3.8, 4) is 0 Å². The van der Waals surface area contributed by atoms with Crippen molar-refractivity contribution in [2.24, 2.45) is 0 Å². The lowest BCUT2D eigenvalue weighted by atomic mass is 10.1. The second-order valence-electron chi connectivity index (χ2n) is 5.62. The van der Waals surface area contributed by atoms with Gasteiger partial charge in [-0.25, -0.2) is 9.78 Å². The first-order chi connectivity index (χ1) is 10.0. The fraction of sp³-hybridized carbons (Fsp3) is 0.714. The second kappa shape index (κ2) is 7.31. The van der Waals surface area contributed by atoms with Gasteiger partial charge in [0.2, 0.25) is 0 Å². The molecule has 1 aromatic rings. The summed E-state index contributed by atoms with van der Waals surface area (Å²) in [6.07, 6.45) is 0. The van der Waals surface area contributed by atoms with Gasteiger partial charge >= 0.3 is 5.97 Å². The predicted molar refractivity (Wildman–Crippen MR) is 82.0 cm³/mol. The molecule has 6 nitrogen and oxygen atoms in total. The Hall–Kier alpha value is -1.02. The van der Waals surface area contributed by atoms with Crippen molar-refractivity contribution in [3.63, 3.8) is 0 Å². The van der Waals surface area contributed by atoms with Gasteiger partial charge in [0.15, 0.2) is 0 Å². The van der Waals surface area contributed by atoms with Gasteiger partial charge in [-0.3, -0.25) is 9.80 Å². The molecule has 1 aromatic heterocycles. The molecular weight excluding hydrogens is 290 g/mol. The molecule has 0 aliphatic carbocycles. The number of aliphatic hydroxyl groups excluding tert-OH is 1. The molecule has 1 saturated heterocycles. The summed E-state index contributed by atoms with van der Waals surface area (Å²) >= 11 is 1.29. The van der Waals surface area contributed by atoms with Gasteiger partial charge < -0.3 is 10.2 Å². The number of carbonyl (C=O) groups is 1. The molecule has 0 aromatic carbocycles. The topological polar surface area (TPSA) is 76.9 Å². The first-order valence-corrected chi connectivity index (χ1v) is 8.11. The molecule has 0 amide bonds. The molecule has 1 fully saturated rings. The van der Waals surface area contributed by atoms with Crippen LogP contribution in [0, 0.1) is 0 Å². The summed E-state index contributed by atoms with van der Waals surface area (Å²) in [5.74, 6) is -0.752. The molecule has 21 heavy (non-hydrogen) atoms. The van der Waals surface area contributed by atoms with E-state index in [2.05, 4.69) is 14.8 Å². The number of hydrogen-bond donors (Lipinski definition) is 2. The zero-order valence-electron chi connectivity index (χ0n) is 12.6. The van der Waals surface area contributed by atoms with E-state index in [9.17, 15) is 9.90 Å². The number of piperazine rings is 1. The standard InChI is InChI=1S/C14H23N3O3S/c1-10(2)12-13(14(19)20)21-11(15-12)9-17-5-3-16(4-6-17)7-8-18/h10,18H,3-9H2,1-2H3,(H,19,20). The Balaban J connectivity index is 1.98. The van der Waals surface area contributed by atoms with Crippen LogP contribution in [0.15, 0.2) is 0 Å². The van der Waals surface area contributed by atoms with Crippen molar-refractivity contribution in [1.29, 1.82) is 0 Å². The van der Waals surface area contributed by atoms with Gasteiger partial charge in [-0.05, 0) is 5.92 Å².